The first-order valence-corrected chi connectivity index (χ1v) is 10.6. The van der Waals surface area contributed by atoms with Gasteiger partial charge in [0.15, 0.2) is 11.5 Å². The van der Waals surface area contributed by atoms with Gasteiger partial charge in [-0.25, -0.2) is 0 Å². The van der Waals surface area contributed by atoms with Crippen LogP contribution in [0.15, 0.2) is 35.3 Å². The largest absolute Gasteiger partial charge is 0.454 e. The number of carbonyl (C=O) groups excluding carboxylic acids is 1. The number of carbonyl (C=O) groups is 1. The molecular formula is C23H26N2O5. The number of hydrogen-bond donors (Lipinski definition) is 0. The summed E-state index contributed by atoms with van der Waals surface area (Å²) in [6, 6.07) is 7.16. The summed E-state index contributed by atoms with van der Waals surface area (Å²) in [5.74, 6) is 1.59. The number of pyridine rings is 1. The zero-order valence-electron chi connectivity index (χ0n) is 17.1. The van der Waals surface area contributed by atoms with Crippen molar-refractivity contribution in [3.05, 3.63) is 51.9 Å². The molecule has 1 unspecified atom stereocenters. The number of benzene rings is 1. The van der Waals surface area contributed by atoms with Crippen LogP contribution in [0.2, 0.25) is 0 Å². The number of amides is 1. The summed E-state index contributed by atoms with van der Waals surface area (Å²) < 4.78 is 18.1. The Balaban J connectivity index is 1.48. The zero-order chi connectivity index (χ0) is 20.7. The Hall–Kier alpha value is -2.80. The van der Waals surface area contributed by atoms with E-state index in [4.69, 9.17) is 14.2 Å². The minimum absolute atomic E-state index is 0.0628. The van der Waals surface area contributed by atoms with E-state index in [0.29, 0.717) is 41.8 Å². The molecule has 0 bridgehead atoms. The summed E-state index contributed by atoms with van der Waals surface area (Å²) in [5.41, 5.74) is 1.25. The predicted molar refractivity (Wildman–Crippen MR) is 111 cm³/mol. The number of aryl methyl sites for hydroxylation is 1. The second-order valence-corrected chi connectivity index (χ2v) is 8.38. The van der Waals surface area contributed by atoms with Gasteiger partial charge >= 0.3 is 0 Å². The highest BCUT2D eigenvalue weighted by atomic mass is 16.7. The molecule has 0 radical (unpaired) electrons. The minimum atomic E-state index is -0.313. The van der Waals surface area contributed by atoms with E-state index in [9.17, 15) is 9.59 Å². The number of fused-ring (bicyclic) bond motifs is 1. The summed E-state index contributed by atoms with van der Waals surface area (Å²) in [4.78, 5) is 28.7. The van der Waals surface area contributed by atoms with Crippen molar-refractivity contribution in [2.75, 3.05) is 26.5 Å². The maximum absolute atomic E-state index is 13.5. The number of ether oxygens (including phenoxy) is 3. The lowest BCUT2D eigenvalue weighted by Crippen LogP contribution is -2.42. The third-order valence-electron chi connectivity index (χ3n) is 6.06. The van der Waals surface area contributed by atoms with Crippen LogP contribution in [0.25, 0.3) is 5.69 Å². The molecule has 7 nitrogen and oxygen atoms in total. The van der Waals surface area contributed by atoms with Crippen molar-refractivity contribution in [1.82, 2.24) is 9.47 Å². The number of aromatic nitrogens is 1. The molecule has 1 amide bonds. The smallest absolute Gasteiger partial charge is 0.268 e. The van der Waals surface area contributed by atoms with Crippen LogP contribution in [-0.2, 0) is 4.74 Å². The van der Waals surface area contributed by atoms with E-state index in [1.165, 1.54) is 4.57 Å². The van der Waals surface area contributed by atoms with Crippen LogP contribution in [0.1, 0.15) is 41.6 Å². The molecular weight excluding hydrogens is 384 g/mol. The average Bonchev–Trinajstić information content (AvgIpc) is 3.20. The van der Waals surface area contributed by atoms with Crippen molar-refractivity contribution in [3.63, 3.8) is 0 Å². The van der Waals surface area contributed by atoms with Crippen molar-refractivity contribution < 1.29 is 19.0 Å². The van der Waals surface area contributed by atoms with Crippen LogP contribution >= 0.6 is 0 Å². The molecule has 1 saturated carbocycles. The van der Waals surface area contributed by atoms with Crippen molar-refractivity contribution in [1.29, 1.82) is 0 Å². The van der Waals surface area contributed by atoms with E-state index in [0.717, 1.165) is 32.3 Å². The monoisotopic (exact) mass is 410 g/mol. The normalized spacial score (nSPS) is 19.8. The van der Waals surface area contributed by atoms with Crippen LogP contribution in [0.3, 0.4) is 0 Å². The Bertz CT molecular complexity index is 1020. The first-order chi connectivity index (χ1) is 14.6. The first-order valence-electron chi connectivity index (χ1n) is 10.6. The Kier molecular flexibility index (Phi) is 4.98. The fraction of sp³-hybridized carbons (Fsp3) is 0.478. The maximum atomic E-state index is 13.5. The highest BCUT2D eigenvalue weighted by Crippen LogP contribution is 2.33. The summed E-state index contributed by atoms with van der Waals surface area (Å²) >= 11 is 0. The predicted octanol–water partition coefficient (Wildman–Crippen LogP) is 2.91. The molecule has 30 heavy (non-hydrogen) atoms. The Morgan fingerprint density at radius 2 is 1.97 bits per heavy atom. The molecule has 1 saturated heterocycles. The molecule has 5 rings (SSSR count). The van der Waals surface area contributed by atoms with Crippen LogP contribution < -0.4 is 15.0 Å². The van der Waals surface area contributed by atoms with Crippen LogP contribution in [0.4, 0.5) is 0 Å². The second kappa shape index (κ2) is 7.80. The SMILES string of the molecule is Cc1ccn(-c2ccc3c(c2)OCO3)c(=O)c1C(=O)N(CC1CC1)CC1CCCO1. The highest BCUT2D eigenvalue weighted by Gasteiger charge is 2.32. The van der Waals surface area contributed by atoms with Gasteiger partial charge in [0.25, 0.3) is 11.5 Å². The third-order valence-corrected chi connectivity index (χ3v) is 6.06. The lowest BCUT2D eigenvalue weighted by atomic mass is 10.1. The molecule has 2 fully saturated rings. The van der Waals surface area contributed by atoms with Gasteiger partial charge < -0.3 is 19.1 Å². The maximum Gasteiger partial charge on any atom is 0.268 e. The van der Waals surface area contributed by atoms with Crippen LogP contribution in [-0.4, -0.2) is 48.0 Å². The molecule has 2 aromatic rings. The van der Waals surface area contributed by atoms with Crippen molar-refractivity contribution in [3.8, 4) is 17.2 Å². The zero-order valence-corrected chi connectivity index (χ0v) is 17.1. The van der Waals surface area contributed by atoms with E-state index in [1.54, 1.807) is 24.4 Å². The Labute approximate surface area is 175 Å². The van der Waals surface area contributed by atoms with Gasteiger partial charge in [-0.1, -0.05) is 0 Å². The average molecular weight is 410 g/mol. The third kappa shape index (κ3) is 3.69. The topological polar surface area (TPSA) is 70.0 Å². The van der Waals surface area contributed by atoms with Gasteiger partial charge in [-0.2, -0.15) is 0 Å². The highest BCUT2D eigenvalue weighted by molar-refractivity contribution is 5.95. The summed E-state index contributed by atoms with van der Waals surface area (Å²) in [7, 11) is 0. The number of hydrogen-bond acceptors (Lipinski definition) is 5. The molecule has 1 aliphatic carbocycles. The van der Waals surface area contributed by atoms with E-state index in [-0.39, 0.29) is 29.9 Å². The van der Waals surface area contributed by atoms with Gasteiger partial charge in [0, 0.05) is 32.0 Å². The molecule has 1 atom stereocenters. The van der Waals surface area contributed by atoms with Gasteiger partial charge in [-0.05, 0) is 62.3 Å². The van der Waals surface area contributed by atoms with Gasteiger partial charge in [0.1, 0.15) is 5.56 Å². The second-order valence-electron chi connectivity index (χ2n) is 8.38. The van der Waals surface area contributed by atoms with Crippen LogP contribution in [0.5, 0.6) is 11.5 Å². The van der Waals surface area contributed by atoms with E-state index in [2.05, 4.69) is 0 Å². The first kappa shape index (κ1) is 19.2. The summed E-state index contributed by atoms with van der Waals surface area (Å²) in [6.07, 6.45) is 6.04. The van der Waals surface area contributed by atoms with E-state index >= 15 is 0 Å². The standard InChI is InChI=1S/C23H26N2O5/c1-15-8-9-25(17-6-7-19-20(11-17)30-14-29-19)23(27)21(15)22(26)24(12-16-4-5-16)13-18-3-2-10-28-18/h6-9,11,16,18H,2-5,10,12-14H2,1H3. The van der Waals surface area contributed by atoms with Crippen molar-refractivity contribution in [2.24, 2.45) is 5.92 Å². The number of rotatable bonds is 6. The summed E-state index contributed by atoms with van der Waals surface area (Å²) in [5, 5.41) is 0. The van der Waals surface area contributed by atoms with Gasteiger partial charge in [-0.15, -0.1) is 0 Å². The number of nitrogens with zero attached hydrogens (tertiary/aromatic N) is 2. The minimum Gasteiger partial charge on any atom is -0.454 e. The molecule has 1 aromatic heterocycles. The molecule has 3 aliphatic rings. The fourth-order valence-electron chi connectivity index (χ4n) is 4.17. The molecule has 158 valence electrons. The van der Waals surface area contributed by atoms with Crippen molar-refractivity contribution in [2.45, 2.75) is 38.7 Å². The van der Waals surface area contributed by atoms with E-state index in [1.807, 2.05) is 17.9 Å². The van der Waals surface area contributed by atoms with E-state index < -0.39 is 0 Å². The van der Waals surface area contributed by atoms with Gasteiger partial charge in [-0.3, -0.25) is 14.2 Å². The van der Waals surface area contributed by atoms with Gasteiger partial charge in [0.2, 0.25) is 6.79 Å². The molecule has 3 heterocycles. The van der Waals surface area contributed by atoms with Gasteiger partial charge in [0.05, 0.1) is 11.8 Å². The summed E-state index contributed by atoms with van der Waals surface area (Å²) in [6.45, 7) is 3.98. The molecule has 7 heteroatoms. The van der Waals surface area contributed by atoms with Crippen LogP contribution in [0, 0.1) is 12.8 Å². The quantitative estimate of drug-likeness (QED) is 0.732. The lowest BCUT2D eigenvalue weighted by molar-refractivity contribution is 0.0513. The Morgan fingerprint density at radius 1 is 1.13 bits per heavy atom. The fourth-order valence-corrected chi connectivity index (χ4v) is 4.17. The molecule has 0 N–H and O–H groups in total. The molecule has 2 aliphatic heterocycles. The lowest BCUT2D eigenvalue weighted by Gasteiger charge is -2.26. The molecule has 1 aromatic carbocycles. The van der Waals surface area contributed by atoms with Crippen molar-refractivity contribution >= 4 is 5.91 Å². The molecule has 0 spiro atoms. The Morgan fingerprint density at radius 3 is 2.73 bits per heavy atom.